The first-order chi connectivity index (χ1) is 8.83. The standard InChI is InChI=1S/C15H27N3O/c1-7-19-13(11(2)3)14-16-9-8-12(18-14)10-17-15(4,5)6/h8-9,11,13,17H,7,10H2,1-6H3. The SMILES string of the molecule is CCOC(c1nccc(CNC(C)(C)C)n1)C(C)C. The van der Waals surface area contributed by atoms with Gasteiger partial charge in [-0.15, -0.1) is 0 Å². The van der Waals surface area contributed by atoms with Crippen molar-refractivity contribution < 1.29 is 4.74 Å². The molecule has 1 N–H and O–H groups in total. The lowest BCUT2D eigenvalue weighted by Crippen LogP contribution is -2.35. The fraction of sp³-hybridized carbons (Fsp3) is 0.733. The summed E-state index contributed by atoms with van der Waals surface area (Å²) in [5.41, 5.74) is 1.09. The van der Waals surface area contributed by atoms with Crippen molar-refractivity contribution in [1.29, 1.82) is 0 Å². The van der Waals surface area contributed by atoms with Crippen molar-refractivity contribution in [2.24, 2.45) is 5.92 Å². The Morgan fingerprint density at radius 3 is 2.53 bits per heavy atom. The highest BCUT2D eigenvalue weighted by atomic mass is 16.5. The highest BCUT2D eigenvalue weighted by Gasteiger charge is 2.19. The summed E-state index contributed by atoms with van der Waals surface area (Å²) in [4.78, 5) is 8.98. The lowest BCUT2D eigenvalue weighted by Gasteiger charge is -2.22. The van der Waals surface area contributed by atoms with Crippen LogP contribution in [0.15, 0.2) is 12.3 Å². The van der Waals surface area contributed by atoms with Gasteiger partial charge in [0.25, 0.3) is 0 Å². The predicted octanol–water partition coefficient (Wildman–Crippen LogP) is 3.10. The van der Waals surface area contributed by atoms with Crippen LogP contribution in [0.1, 0.15) is 59.2 Å². The van der Waals surface area contributed by atoms with Crippen LogP contribution in [0.4, 0.5) is 0 Å². The molecule has 19 heavy (non-hydrogen) atoms. The number of nitrogens with one attached hydrogen (secondary N) is 1. The zero-order valence-electron chi connectivity index (χ0n) is 13.0. The smallest absolute Gasteiger partial charge is 0.157 e. The number of hydrogen-bond donors (Lipinski definition) is 1. The van der Waals surface area contributed by atoms with Gasteiger partial charge in [-0.2, -0.15) is 0 Å². The first-order valence-corrected chi connectivity index (χ1v) is 7.02. The van der Waals surface area contributed by atoms with Gasteiger partial charge in [-0.3, -0.25) is 0 Å². The monoisotopic (exact) mass is 265 g/mol. The highest BCUT2D eigenvalue weighted by molar-refractivity contribution is 5.05. The lowest BCUT2D eigenvalue weighted by atomic mass is 10.1. The molecule has 0 fully saturated rings. The summed E-state index contributed by atoms with van der Waals surface area (Å²) in [6.45, 7) is 14.1. The van der Waals surface area contributed by atoms with E-state index in [1.165, 1.54) is 0 Å². The number of aromatic nitrogens is 2. The number of hydrogen-bond acceptors (Lipinski definition) is 4. The molecule has 4 nitrogen and oxygen atoms in total. The quantitative estimate of drug-likeness (QED) is 0.858. The Kier molecular flexibility index (Phi) is 5.88. The average molecular weight is 265 g/mol. The van der Waals surface area contributed by atoms with Gasteiger partial charge in [0.1, 0.15) is 6.10 Å². The van der Waals surface area contributed by atoms with Gasteiger partial charge in [0.15, 0.2) is 5.82 Å². The van der Waals surface area contributed by atoms with Crippen LogP contribution in [-0.2, 0) is 11.3 Å². The first kappa shape index (κ1) is 16.1. The Morgan fingerprint density at radius 2 is 2.00 bits per heavy atom. The Morgan fingerprint density at radius 1 is 1.32 bits per heavy atom. The van der Waals surface area contributed by atoms with Gasteiger partial charge in [-0.1, -0.05) is 13.8 Å². The normalized spacial score (nSPS) is 13.8. The van der Waals surface area contributed by atoms with E-state index in [0.717, 1.165) is 18.1 Å². The summed E-state index contributed by atoms with van der Waals surface area (Å²) >= 11 is 0. The van der Waals surface area contributed by atoms with Gasteiger partial charge in [0.2, 0.25) is 0 Å². The summed E-state index contributed by atoms with van der Waals surface area (Å²) in [5.74, 6) is 1.15. The van der Waals surface area contributed by atoms with Crippen molar-refractivity contribution in [1.82, 2.24) is 15.3 Å². The van der Waals surface area contributed by atoms with Crippen LogP contribution in [-0.4, -0.2) is 22.1 Å². The molecule has 4 heteroatoms. The molecule has 108 valence electrons. The summed E-state index contributed by atoms with van der Waals surface area (Å²) in [5, 5.41) is 3.43. The summed E-state index contributed by atoms with van der Waals surface area (Å²) < 4.78 is 5.74. The van der Waals surface area contributed by atoms with Crippen LogP contribution in [0.25, 0.3) is 0 Å². The van der Waals surface area contributed by atoms with Crippen LogP contribution in [0.2, 0.25) is 0 Å². The van der Waals surface area contributed by atoms with Crippen molar-refractivity contribution in [3.63, 3.8) is 0 Å². The van der Waals surface area contributed by atoms with E-state index >= 15 is 0 Å². The molecule has 0 saturated carbocycles. The molecule has 0 spiro atoms. The Balaban J connectivity index is 2.80. The van der Waals surface area contributed by atoms with Crippen LogP contribution in [0.5, 0.6) is 0 Å². The number of ether oxygens (including phenoxy) is 1. The van der Waals surface area contributed by atoms with Gasteiger partial charge in [0.05, 0.1) is 5.69 Å². The molecule has 0 aliphatic heterocycles. The number of rotatable bonds is 6. The largest absolute Gasteiger partial charge is 0.370 e. The van der Waals surface area contributed by atoms with Crippen LogP contribution < -0.4 is 5.32 Å². The van der Waals surface area contributed by atoms with E-state index in [-0.39, 0.29) is 11.6 Å². The minimum absolute atomic E-state index is 0.0282. The number of nitrogens with zero attached hydrogens (tertiary/aromatic N) is 2. The second kappa shape index (κ2) is 6.96. The lowest BCUT2D eigenvalue weighted by molar-refractivity contribution is 0.0230. The average Bonchev–Trinajstić information content (AvgIpc) is 2.32. The molecule has 0 bridgehead atoms. The van der Waals surface area contributed by atoms with E-state index in [1.54, 1.807) is 0 Å². The molecule has 0 amide bonds. The van der Waals surface area contributed by atoms with E-state index in [1.807, 2.05) is 19.2 Å². The second-order valence-corrected chi connectivity index (χ2v) is 6.13. The van der Waals surface area contributed by atoms with Crippen molar-refractivity contribution >= 4 is 0 Å². The van der Waals surface area contributed by atoms with Gasteiger partial charge < -0.3 is 10.1 Å². The molecule has 0 aliphatic carbocycles. The minimum atomic E-state index is -0.0282. The molecular weight excluding hydrogens is 238 g/mol. The molecule has 1 aromatic rings. The molecule has 1 aromatic heterocycles. The molecule has 1 rings (SSSR count). The van der Waals surface area contributed by atoms with Crippen LogP contribution in [0, 0.1) is 5.92 Å². The molecule has 1 unspecified atom stereocenters. The molecule has 0 saturated heterocycles. The zero-order chi connectivity index (χ0) is 14.5. The van der Waals surface area contributed by atoms with E-state index < -0.39 is 0 Å². The maximum Gasteiger partial charge on any atom is 0.157 e. The van der Waals surface area contributed by atoms with Crippen molar-refractivity contribution in [3.8, 4) is 0 Å². The summed E-state index contributed by atoms with van der Waals surface area (Å²) in [6, 6.07) is 1.95. The predicted molar refractivity (Wildman–Crippen MR) is 77.8 cm³/mol. The van der Waals surface area contributed by atoms with Crippen LogP contribution in [0.3, 0.4) is 0 Å². The van der Waals surface area contributed by atoms with Gasteiger partial charge in [0, 0.05) is 24.9 Å². The van der Waals surface area contributed by atoms with Crippen molar-refractivity contribution in [3.05, 3.63) is 23.8 Å². The Hall–Kier alpha value is -1.00. The Labute approximate surface area is 117 Å². The molecule has 1 atom stereocenters. The van der Waals surface area contributed by atoms with Crippen LogP contribution >= 0.6 is 0 Å². The summed E-state index contributed by atoms with van der Waals surface area (Å²) in [6.07, 6.45) is 1.79. The third-order valence-corrected chi connectivity index (χ3v) is 2.74. The van der Waals surface area contributed by atoms with Crippen molar-refractivity contribution in [2.45, 2.75) is 59.7 Å². The fourth-order valence-electron chi connectivity index (χ4n) is 1.75. The van der Waals surface area contributed by atoms with Gasteiger partial charge >= 0.3 is 0 Å². The molecular formula is C15H27N3O. The molecule has 0 radical (unpaired) electrons. The minimum Gasteiger partial charge on any atom is -0.370 e. The molecule has 0 aliphatic rings. The van der Waals surface area contributed by atoms with Gasteiger partial charge in [-0.05, 0) is 39.7 Å². The van der Waals surface area contributed by atoms with E-state index in [4.69, 9.17) is 4.74 Å². The summed E-state index contributed by atoms with van der Waals surface area (Å²) in [7, 11) is 0. The topological polar surface area (TPSA) is 47.0 Å². The maximum absolute atomic E-state index is 5.74. The third kappa shape index (κ3) is 5.66. The fourth-order valence-corrected chi connectivity index (χ4v) is 1.75. The van der Waals surface area contributed by atoms with E-state index in [9.17, 15) is 0 Å². The Bertz CT molecular complexity index is 385. The highest BCUT2D eigenvalue weighted by Crippen LogP contribution is 2.22. The maximum atomic E-state index is 5.74. The van der Waals surface area contributed by atoms with E-state index in [0.29, 0.717) is 12.5 Å². The molecule has 1 heterocycles. The third-order valence-electron chi connectivity index (χ3n) is 2.74. The van der Waals surface area contributed by atoms with Gasteiger partial charge in [-0.25, -0.2) is 9.97 Å². The van der Waals surface area contributed by atoms with Crippen molar-refractivity contribution in [2.75, 3.05) is 6.61 Å². The van der Waals surface area contributed by atoms with E-state index in [2.05, 4.69) is 49.9 Å². The first-order valence-electron chi connectivity index (χ1n) is 7.02. The second-order valence-electron chi connectivity index (χ2n) is 6.13. The zero-order valence-corrected chi connectivity index (χ0v) is 13.0. The molecule has 0 aromatic carbocycles.